The van der Waals surface area contributed by atoms with Gasteiger partial charge in [0.25, 0.3) is 0 Å². The molecule has 0 radical (unpaired) electrons. The third-order valence-electron chi connectivity index (χ3n) is 3.28. The molecule has 25 heavy (non-hydrogen) atoms. The third kappa shape index (κ3) is 4.25. The molecule has 2 N–H and O–H groups in total. The molecule has 128 valence electrons. The quantitative estimate of drug-likeness (QED) is 0.560. The first kappa shape index (κ1) is 17.6. The lowest BCUT2D eigenvalue weighted by molar-refractivity contribution is 0.417. The maximum Gasteiger partial charge on any atom is 0.229 e. The molecule has 0 amide bonds. The Morgan fingerprint density at radius 3 is 2.44 bits per heavy atom. The normalized spacial score (nSPS) is 10.4. The summed E-state index contributed by atoms with van der Waals surface area (Å²) in [5.74, 6) is 1.55. The lowest BCUT2D eigenvalue weighted by Crippen LogP contribution is -2.02. The van der Waals surface area contributed by atoms with Gasteiger partial charge in [-0.2, -0.15) is 4.98 Å². The minimum absolute atomic E-state index is 0.348. The summed E-state index contributed by atoms with van der Waals surface area (Å²) in [5.41, 5.74) is 1.23. The monoisotopic (exact) mass is 394 g/mol. The zero-order valence-corrected chi connectivity index (χ0v) is 15.3. The maximum atomic E-state index is 6.16. The summed E-state index contributed by atoms with van der Waals surface area (Å²) in [6, 6.07) is 12.2. The van der Waals surface area contributed by atoms with Crippen molar-refractivity contribution in [1.82, 2.24) is 9.97 Å². The SMILES string of the molecule is COc1ccc(Cl)cc1Nc1ccnc(Nc2c(Cl)cccc2Cl)n1. The van der Waals surface area contributed by atoms with Crippen molar-refractivity contribution in [3.63, 3.8) is 0 Å². The number of nitrogens with one attached hydrogen (secondary N) is 2. The second kappa shape index (κ2) is 7.78. The van der Waals surface area contributed by atoms with Gasteiger partial charge >= 0.3 is 0 Å². The molecule has 0 aliphatic heterocycles. The number of ether oxygens (including phenoxy) is 1. The van der Waals surface area contributed by atoms with E-state index in [0.717, 1.165) is 0 Å². The number of rotatable bonds is 5. The molecule has 0 atom stereocenters. The number of methoxy groups -OCH3 is 1. The fraction of sp³-hybridized carbons (Fsp3) is 0.0588. The van der Waals surface area contributed by atoms with Gasteiger partial charge in [-0.15, -0.1) is 0 Å². The first-order valence-corrected chi connectivity index (χ1v) is 8.35. The Morgan fingerprint density at radius 1 is 0.960 bits per heavy atom. The lowest BCUT2D eigenvalue weighted by atomic mass is 10.3. The Balaban J connectivity index is 1.86. The topological polar surface area (TPSA) is 59.1 Å². The highest BCUT2D eigenvalue weighted by molar-refractivity contribution is 6.39. The highest BCUT2D eigenvalue weighted by Gasteiger charge is 2.09. The number of halogens is 3. The molecule has 3 aromatic rings. The van der Waals surface area contributed by atoms with Gasteiger partial charge < -0.3 is 15.4 Å². The van der Waals surface area contributed by atoms with E-state index in [1.807, 2.05) is 0 Å². The number of nitrogens with zero attached hydrogens (tertiary/aromatic N) is 2. The molecule has 0 bridgehead atoms. The van der Waals surface area contributed by atoms with Crippen molar-refractivity contribution >= 4 is 57.9 Å². The first-order chi connectivity index (χ1) is 12.1. The molecule has 1 heterocycles. The second-order valence-corrected chi connectivity index (χ2v) is 6.21. The van der Waals surface area contributed by atoms with Gasteiger partial charge in [0, 0.05) is 11.2 Å². The molecule has 0 aliphatic carbocycles. The summed E-state index contributed by atoms with van der Waals surface area (Å²) < 4.78 is 5.31. The predicted octanol–water partition coefficient (Wildman–Crippen LogP) is 5.93. The van der Waals surface area contributed by atoms with E-state index in [4.69, 9.17) is 39.5 Å². The van der Waals surface area contributed by atoms with Crippen molar-refractivity contribution in [1.29, 1.82) is 0 Å². The van der Waals surface area contributed by atoms with Crippen LogP contribution in [0.15, 0.2) is 48.7 Å². The molecule has 0 saturated carbocycles. The van der Waals surface area contributed by atoms with E-state index in [9.17, 15) is 0 Å². The zero-order chi connectivity index (χ0) is 17.8. The number of benzene rings is 2. The van der Waals surface area contributed by atoms with Gasteiger partial charge in [-0.05, 0) is 36.4 Å². The maximum absolute atomic E-state index is 6.16. The van der Waals surface area contributed by atoms with Crippen LogP contribution in [0.5, 0.6) is 5.75 Å². The largest absolute Gasteiger partial charge is 0.495 e. The molecule has 1 aromatic heterocycles. The highest BCUT2D eigenvalue weighted by atomic mass is 35.5. The van der Waals surface area contributed by atoms with Crippen LogP contribution in [0.2, 0.25) is 15.1 Å². The summed E-state index contributed by atoms with van der Waals surface area (Å²) in [4.78, 5) is 8.58. The predicted molar refractivity (Wildman–Crippen MR) is 103 cm³/mol. The number of aromatic nitrogens is 2. The molecule has 0 spiro atoms. The summed E-state index contributed by atoms with van der Waals surface area (Å²) >= 11 is 18.4. The van der Waals surface area contributed by atoms with Crippen LogP contribution < -0.4 is 15.4 Å². The van der Waals surface area contributed by atoms with Crippen LogP contribution in [0, 0.1) is 0 Å². The number of hydrogen-bond acceptors (Lipinski definition) is 5. The van der Waals surface area contributed by atoms with Crippen molar-refractivity contribution in [2.24, 2.45) is 0 Å². The summed E-state index contributed by atoms with van der Waals surface area (Å²) in [5, 5.41) is 7.71. The molecule has 0 saturated heterocycles. The van der Waals surface area contributed by atoms with E-state index in [1.54, 1.807) is 55.8 Å². The van der Waals surface area contributed by atoms with Crippen molar-refractivity contribution < 1.29 is 4.74 Å². The Labute approximate surface area is 159 Å². The highest BCUT2D eigenvalue weighted by Crippen LogP contribution is 2.33. The van der Waals surface area contributed by atoms with Gasteiger partial charge in [0.05, 0.1) is 28.5 Å². The minimum Gasteiger partial charge on any atom is -0.495 e. The van der Waals surface area contributed by atoms with Crippen molar-refractivity contribution in [2.75, 3.05) is 17.7 Å². The van der Waals surface area contributed by atoms with Crippen LogP contribution in [0.3, 0.4) is 0 Å². The summed E-state index contributed by atoms with van der Waals surface area (Å²) in [6.45, 7) is 0. The Morgan fingerprint density at radius 2 is 1.72 bits per heavy atom. The minimum atomic E-state index is 0.348. The van der Waals surface area contributed by atoms with Crippen molar-refractivity contribution in [3.8, 4) is 5.75 Å². The van der Waals surface area contributed by atoms with E-state index >= 15 is 0 Å². The van der Waals surface area contributed by atoms with Gasteiger partial charge in [0.1, 0.15) is 11.6 Å². The summed E-state index contributed by atoms with van der Waals surface area (Å²) in [7, 11) is 1.58. The molecule has 5 nitrogen and oxygen atoms in total. The van der Waals surface area contributed by atoms with Crippen LogP contribution >= 0.6 is 34.8 Å². The fourth-order valence-corrected chi connectivity index (χ4v) is 2.80. The van der Waals surface area contributed by atoms with Crippen molar-refractivity contribution in [3.05, 3.63) is 63.7 Å². The Bertz CT molecular complexity index is 885. The van der Waals surface area contributed by atoms with Crippen LogP contribution in [0.4, 0.5) is 23.1 Å². The van der Waals surface area contributed by atoms with E-state index < -0.39 is 0 Å². The van der Waals surface area contributed by atoms with Gasteiger partial charge in [-0.3, -0.25) is 0 Å². The van der Waals surface area contributed by atoms with Gasteiger partial charge in [-0.1, -0.05) is 40.9 Å². The smallest absolute Gasteiger partial charge is 0.229 e. The molecule has 2 aromatic carbocycles. The standard InChI is InChI=1S/C17H13Cl3N4O/c1-25-14-6-5-10(18)9-13(14)22-15-7-8-21-17(23-15)24-16-11(19)3-2-4-12(16)20/h2-9H,1H3,(H2,21,22,23,24). The molecule has 0 fully saturated rings. The molecule has 0 aliphatic rings. The first-order valence-electron chi connectivity index (χ1n) is 7.21. The molecule has 3 rings (SSSR count). The average molecular weight is 396 g/mol. The zero-order valence-electron chi connectivity index (χ0n) is 13.1. The van der Waals surface area contributed by atoms with Crippen LogP contribution in [-0.2, 0) is 0 Å². The van der Waals surface area contributed by atoms with Gasteiger partial charge in [0.15, 0.2) is 0 Å². The lowest BCUT2D eigenvalue weighted by Gasteiger charge is -2.12. The van der Waals surface area contributed by atoms with Crippen LogP contribution in [-0.4, -0.2) is 17.1 Å². The van der Waals surface area contributed by atoms with Crippen molar-refractivity contribution in [2.45, 2.75) is 0 Å². The second-order valence-electron chi connectivity index (χ2n) is 4.96. The van der Waals surface area contributed by atoms with Gasteiger partial charge in [-0.25, -0.2) is 4.98 Å². The third-order valence-corrected chi connectivity index (χ3v) is 4.14. The Kier molecular flexibility index (Phi) is 5.48. The van der Waals surface area contributed by atoms with E-state index in [2.05, 4.69) is 20.6 Å². The van der Waals surface area contributed by atoms with E-state index in [0.29, 0.717) is 44.0 Å². The van der Waals surface area contributed by atoms with Crippen LogP contribution in [0.1, 0.15) is 0 Å². The van der Waals surface area contributed by atoms with Crippen LogP contribution in [0.25, 0.3) is 0 Å². The molecular formula is C17H13Cl3N4O. The average Bonchev–Trinajstić information content (AvgIpc) is 2.59. The fourth-order valence-electron chi connectivity index (χ4n) is 2.13. The Hall–Kier alpha value is -2.21. The van der Waals surface area contributed by atoms with Gasteiger partial charge in [0.2, 0.25) is 5.95 Å². The van der Waals surface area contributed by atoms with E-state index in [1.165, 1.54) is 0 Å². The summed E-state index contributed by atoms with van der Waals surface area (Å²) in [6.07, 6.45) is 1.61. The number of para-hydroxylation sites is 1. The molecule has 0 unspecified atom stereocenters. The molecule has 8 heteroatoms. The number of anilines is 4. The number of hydrogen-bond donors (Lipinski definition) is 2. The van der Waals surface area contributed by atoms with E-state index in [-0.39, 0.29) is 0 Å². The molecular weight excluding hydrogens is 383 g/mol.